The molecule has 1 aliphatic heterocycles. The maximum atomic E-state index is 12.8. The van der Waals surface area contributed by atoms with Gasteiger partial charge in [0, 0.05) is 23.9 Å². The van der Waals surface area contributed by atoms with Crippen molar-refractivity contribution in [2.24, 2.45) is 5.92 Å². The van der Waals surface area contributed by atoms with Gasteiger partial charge >= 0.3 is 5.97 Å². The van der Waals surface area contributed by atoms with Crippen molar-refractivity contribution in [1.29, 1.82) is 0 Å². The lowest BCUT2D eigenvalue weighted by Crippen LogP contribution is -2.41. The Morgan fingerprint density at radius 3 is 2.12 bits per heavy atom. The number of imide groups is 1. The monoisotopic (exact) mass is 482 g/mol. The Labute approximate surface area is 203 Å². The van der Waals surface area contributed by atoms with Gasteiger partial charge in [-0.2, -0.15) is 0 Å². The third-order valence-electron chi connectivity index (χ3n) is 5.67. The van der Waals surface area contributed by atoms with Gasteiger partial charge in [-0.25, -0.2) is 0 Å². The zero-order valence-corrected chi connectivity index (χ0v) is 20.2. The van der Waals surface area contributed by atoms with Crippen molar-refractivity contribution in [3.8, 4) is 0 Å². The van der Waals surface area contributed by atoms with Crippen LogP contribution in [-0.2, 0) is 4.79 Å². The minimum absolute atomic E-state index is 0.0936. The number of carbonyl (C=O) groups is 4. The topological polar surface area (TPSA) is 104 Å². The molecular weight excluding hydrogens is 452 g/mol. The molecule has 0 saturated carbocycles. The molecule has 2 atom stereocenters. The number of benzene rings is 2. The Bertz CT molecular complexity index is 1010. The maximum Gasteiger partial charge on any atom is 0.320 e. The SMILES string of the molecule is CC(C)C[C@H](NC[C@H](CCCN1C(=O)c2ccccc2C1=O)SC(=O)c1ccccc1)C(=O)O. The Kier molecular flexibility index (Phi) is 9.01. The van der Waals surface area contributed by atoms with E-state index in [1.165, 1.54) is 4.90 Å². The van der Waals surface area contributed by atoms with Crippen LogP contribution in [0.4, 0.5) is 0 Å². The Hall–Kier alpha value is -2.97. The molecule has 2 aromatic carbocycles. The van der Waals surface area contributed by atoms with Crippen LogP contribution in [0.5, 0.6) is 0 Å². The third kappa shape index (κ3) is 6.55. The smallest absolute Gasteiger partial charge is 0.320 e. The predicted molar refractivity (Wildman–Crippen MR) is 132 cm³/mol. The number of carboxylic acids is 1. The van der Waals surface area contributed by atoms with Crippen molar-refractivity contribution in [2.45, 2.75) is 44.4 Å². The van der Waals surface area contributed by atoms with Gasteiger partial charge < -0.3 is 10.4 Å². The number of thioether (sulfide) groups is 1. The van der Waals surface area contributed by atoms with Gasteiger partial charge in [0.1, 0.15) is 6.04 Å². The first-order valence-corrected chi connectivity index (χ1v) is 12.3. The molecule has 1 aliphatic rings. The molecule has 0 spiro atoms. The number of rotatable bonds is 12. The second-order valence-corrected chi connectivity index (χ2v) is 10.0. The molecule has 0 saturated heterocycles. The number of hydrogen-bond acceptors (Lipinski definition) is 6. The van der Waals surface area contributed by atoms with Gasteiger partial charge in [-0.15, -0.1) is 0 Å². The van der Waals surface area contributed by atoms with E-state index in [9.17, 15) is 24.3 Å². The molecule has 0 aromatic heterocycles. The van der Waals surface area contributed by atoms with Crippen LogP contribution in [0.15, 0.2) is 54.6 Å². The largest absolute Gasteiger partial charge is 0.480 e. The van der Waals surface area contributed by atoms with Crippen molar-refractivity contribution in [3.05, 3.63) is 71.3 Å². The fourth-order valence-electron chi connectivity index (χ4n) is 3.93. The number of nitrogens with one attached hydrogen (secondary N) is 1. The van der Waals surface area contributed by atoms with Gasteiger partial charge in [-0.1, -0.05) is 68.1 Å². The van der Waals surface area contributed by atoms with Crippen molar-refractivity contribution in [2.75, 3.05) is 13.1 Å². The molecular formula is C26H30N2O5S. The highest BCUT2D eigenvalue weighted by Gasteiger charge is 2.34. The molecule has 2 amide bonds. The van der Waals surface area contributed by atoms with Crippen LogP contribution in [0.1, 0.15) is 64.2 Å². The minimum atomic E-state index is -0.919. The molecule has 8 heteroatoms. The van der Waals surface area contributed by atoms with E-state index in [4.69, 9.17) is 0 Å². The van der Waals surface area contributed by atoms with Gasteiger partial charge in [-0.3, -0.25) is 24.1 Å². The van der Waals surface area contributed by atoms with Gasteiger partial charge in [-0.05, 0) is 37.3 Å². The first-order chi connectivity index (χ1) is 16.3. The number of amides is 2. The van der Waals surface area contributed by atoms with Crippen molar-refractivity contribution >= 4 is 34.7 Å². The van der Waals surface area contributed by atoms with Crippen LogP contribution in [0.25, 0.3) is 0 Å². The fourth-order valence-corrected chi connectivity index (χ4v) is 4.97. The molecule has 2 N–H and O–H groups in total. The minimum Gasteiger partial charge on any atom is -0.480 e. The first-order valence-electron chi connectivity index (χ1n) is 11.5. The highest BCUT2D eigenvalue weighted by molar-refractivity contribution is 8.14. The molecule has 3 rings (SSSR count). The van der Waals surface area contributed by atoms with E-state index < -0.39 is 12.0 Å². The van der Waals surface area contributed by atoms with E-state index in [2.05, 4.69) is 5.32 Å². The molecule has 34 heavy (non-hydrogen) atoms. The van der Waals surface area contributed by atoms with E-state index in [0.717, 1.165) is 11.8 Å². The third-order valence-corrected chi connectivity index (χ3v) is 6.85. The van der Waals surface area contributed by atoms with E-state index in [-0.39, 0.29) is 34.6 Å². The predicted octanol–water partition coefficient (Wildman–Crippen LogP) is 4.09. The Morgan fingerprint density at radius 2 is 1.56 bits per heavy atom. The lowest BCUT2D eigenvalue weighted by molar-refractivity contribution is -0.139. The molecule has 7 nitrogen and oxygen atoms in total. The van der Waals surface area contributed by atoms with E-state index in [1.54, 1.807) is 48.5 Å². The summed E-state index contributed by atoms with van der Waals surface area (Å²) in [6.45, 7) is 4.50. The van der Waals surface area contributed by atoms with Crippen LogP contribution < -0.4 is 5.32 Å². The average Bonchev–Trinajstić information content (AvgIpc) is 3.06. The second kappa shape index (κ2) is 11.9. The highest BCUT2D eigenvalue weighted by Crippen LogP contribution is 2.25. The summed E-state index contributed by atoms with van der Waals surface area (Å²) in [6, 6.07) is 15.0. The molecule has 0 radical (unpaired) electrons. The van der Waals surface area contributed by atoms with E-state index >= 15 is 0 Å². The Balaban J connectivity index is 1.63. The van der Waals surface area contributed by atoms with Crippen LogP contribution >= 0.6 is 11.8 Å². The van der Waals surface area contributed by atoms with E-state index in [0.29, 0.717) is 42.5 Å². The fraction of sp³-hybridized carbons (Fsp3) is 0.385. The van der Waals surface area contributed by atoms with E-state index in [1.807, 2.05) is 19.9 Å². The lowest BCUT2D eigenvalue weighted by Gasteiger charge is -2.22. The summed E-state index contributed by atoms with van der Waals surface area (Å²) >= 11 is 1.16. The number of aliphatic carboxylic acids is 1. The molecule has 0 unspecified atom stereocenters. The number of carbonyl (C=O) groups excluding carboxylic acids is 3. The summed E-state index contributed by atoms with van der Waals surface area (Å²) in [6.07, 6.45) is 1.53. The van der Waals surface area contributed by atoms with Crippen molar-refractivity contribution in [1.82, 2.24) is 10.2 Å². The van der Waals surface area contributed by atoms with Crippen LogP contribution in [-0.4, -0.2) is 57.3 Å². The van der Waals surface area contributed by atoms with Crippen molar-refractivity contribution in [3.63, 3.8) is 0 Å². The standard InChI is InChI=1S/C26H30N2O5S/c1-17(2)15-22(25(31)32)27-16-19(34-26(33)18-9-4-3-5-10-18)11-8-14-28-23(29)20-12-6-7-13-21(20)24(28)30/h3-7,9-10,12-13,17,19,22,27H,8,11,14-16H2,1-2H3,(H,31,32)/t19-,22-/m0/s1. The van der Waals surface area contributed by atoms with Gasteiger partial charge in [0.05, 0.1) is 11.1 Å². The number of hydrogen-bond donors (Lipinski definition) is 2. The summed E-state index contributed by atoms with van der Waals surface area (Å²) in [5.74, 6) is -1.31. The number of nitrogens with zero attached hydrogens (tertiary/aromatic N) is 1. The highest BCUT2D eigenvalue weighted by atomic mass is 32.2. The van der Waals surface area contributed by atoms with Crippen LogP contribution in [0.3, 0.4) is 0 Å². The lowest BCUT2D eigenvalue weighted by atomic mass is 10.0. The molecule has 1 heterocycles. The van der Waals surface area contributed by atoms with Crippen LogP contribution in [0, 0.1) is 5.92 Å². The first kappa shape index (κ1) is 25.6. The molecule has 180 valence electrons. The van der Waals surface area contributed by atoms with Crippen LogP contribution in [0.2, 0.25) is 0 Å². The average molecular weight is 483 g/mol. The van der Waals surface area contributed by atoms with Crippen molar-refractivity contribution < 1.29 is 24.3 Å². The number of carboxylic acid groups (broad SMARTS) is 1. The summed E-state index contributed by atoms with van der Waals surface area (Å²) in [5, 5.41) is 12.3. The normalized spacial score (nSPS) is 14.9. The molecule has 0 bridgehead atoms. The zero-order chi connectivity index (χ0) is 24.7. The summed E-state index contributed by atoms with van der Waals surface area (Å²) in [5.41, 5.74) is 1.41. The van der Waals surface area contributed by atoms with Gasteiger partial charge in [0.15, 0.2) is 0 Å². The summed E-state index contributed by atoms with van der Waals surface area (Å²) < 4.78 is 0. The molecule has 2 aromatic rings. The summed E-state index contributed by atoms with van der Waals surface area (Å²) in [7, 11) is 0. The molecule has 0 fully saturated rings. The maximum absolute atomic E-state index is 12.8. The zero-order valence-electron chi connectivity index (χ0n) is 19.4. The quantitative estimate of drug-likeness (QED) is 0.439. The van der Waals surface area contributed by atoms with Gasteiger partial charge in [0.2, 0.25) is 5.12 Å². The summed E-state index contributed by atoms with van der Waals surface area (Å²) in [4.78, 5) is 50.9. The number of fused-ring (bicyclic) bond motifs is 1. The molecule has 0 aliphatic carbocycles. The Morgan fingerprint density at radius 1 is 0.971 bits per heavy atom. The van der Waals surface area contributed by atoms with Gasteiger partial charge in [0.25, 0.3) is 11.8 Å². The second-order valence-electron chi connectivity index (χ2n) is 8.77.